The van der Waals surface area contributed by atoms with Gasteiger partial charge in [-0.15, -0.1) is 0 Å². The minimum atomic E-state index is -0.865. The van der Waals surface area contributed by atoms with Gasteiger partial charge in [0.25, 0.3) is 0 Å². The van der Waals surface area contributed by atoms with Crippen LogP contribution in [0.2, 0.25) is 0 Å². The van der Waals surface area contributed by atoms with E-state index in [-0.39, 0.29) is 0 Å². The second-order valence-electron chi connectivity index (χ2n) is 3.14. The van der Waals surface area contributed by atoms with E-state index in [9.17, 15) is 10.2 Å². The van der Waals surface area contributed by atoms with Gasteiger partial charge in [-0.05, 0) is 30.7 Å². The zero-order chi connectivity index (χ0) is 10.6. The summed E-state index contributed by atoms with van der Waals surface area (Å²) in [5, 5.41) is 19.2. The standard InChI is InChI=1S/C10H14BrNO2/c11-8-3-1-2-7(6-8)10(14)9(13)4-5-12/h1-3,6,9-10,13-14H,4-5,12H2. The molecule has 3 nitrogen and oxygen atoms in total. The summed E-state index contributed by atoms with van der Waals surface area (Å²) in [5.41, 5.74) is 5.99. The van der Waals surface area contributed by atoms with Gasteiger partial charge in [-0.3, -0.25) is 0 Å². The van der Waals surface area contributed by atoms with E-state index in [2.05, 4.69) is 15.9 Å². The molecule has 14 heavy (non-hydrogen) atoms. The van der Waals surface area contributed by atoms with Gasteiger partial charge in [0.1, 0.15) is 6.10 Å². The summed E-state index contributed by atoms with van der Waals surface area (Å²) in [6, 6.07) is 7.24. The molecule has 0 radical (unpaired) electrons. The first-order chi connectivity index (χ1) is 6.65. The fraction of sp³-hybridized carbons (Fsp3) is 0.400. The summed E-state index contributed by atoms with van der Waals surface area (Å²) in [6.07, 6.45) is -1.27. The Balaban J connectivity index is 2.73. The molecule has 2 atom stereocenters. The van der Waals surface area contributed by atoms with Gasteiger partial charge in [-0.1, -0.05) is 28.1 Å². The van der Waals surface area contributed by atoms with E-state index in [1.54, 1.807) is 12.1 Å². The SMILES string of the molecule is NCCC(O)C(O)c1cccc(Br)c1. The first-order valence-electron chi connectivity index (χ1n) is 4.47. The van der Waals surface area contributed by atoms with Crippen molar-refractivity contribution >= 4 is 15.9 Å². The van der Waals surface area contributed by atoms with Crippen LogP contribution in [0, 0.1) is 0 Å². The molecule has 4 N–H and O–H groups in total. The molecule has 0 heterocycles. The Morgan fingerprint density at radius 2 is 2.07 bits per heavy atom. The molecule has 0 aliphatic heterocycles. The van der Waals surface area contributed by atoms with E-state index in [1.807, 2.05) is 12.1 Å². The molecule has 2 unspecified atom stereocenters. The van der Waals surface area contributed by atoms with Crippen LogP contribution in [0.1, 0.15) is 18.1 Å². The van der Waals surface area contributed by atoms with Gasteiger partial charge in [0.05, 0.1) is 6.10 Å². The Kier molecular flexibility index (Phi) is 4.54. The van der Waals surface area contributed by atoms with Crippen molar-refractivity contribution in [3.63, 3.8) is 0 Å². The van der Waals surface area contributed by atoms with E-state index >= 15 is 0 Å². The molecule has 0 saturated carbocycles. The number of aliphatic hydroxyl groups excluding tert-OH is 2. The van der Waals surface area contributed by atoms with E-state index in [4.69, 9.17) is 5.73 Å². The van der Waals surface area contributed by atoms with Crippen LogP contribution >= 0.6 is 15.9 Å². The molecular formula is C10H14BrNO2. The van der Waals surface area contributed by atoms with Crippen LogP contribution in [0.25, 0.3) is 0 Å². The van der Waals surface area contributed by atoms with Crippen molar-refractivity contribution < 1.29 is 10.2 Å². The normalized spacial score (nSPS) is 15.1. The topological polar surface area (TPSA) is 66.5 Å². The van der Waals surface area contributed by atoms with Gasteiger partial charge in [0, 0.05) is 4.47 Å². The number of hydrogen-bond acceptors (Lipinski definition) is 3. The lowest BCUT2D eigenvalue weighted by Gasteiger charge is -2.17. The Bertz CT molecular complexity index is 293. The first kappa shape index (κ1) is 11.7. The first-order valence-corrected chi connectivity index (χ1v) is 5.26. The molecule has 0 spiro atoms. The molecule has 1 aromatic rings. The number of hydrogen-bond donors (Lipinski definition) is 3. The molecule has 0 aromatic heterocycles. The van der Waals surface area contributed by atoms with Crippen molar-refractivity contribution in [1.82, 2.24) is 0 Å². The second kappa shape index (κ2) is 5.46. The van der Waals surface area contributed by atoms with Crippen molar-refractivity contribution in [3.8, 4) is 0 Å². The highest BCUT2D eigenvalue weighted by Gasteiger charge is 2.17. The third-order valence-corrected chi connectivity index (χ3v) is 2.51. The molecule has 4 heteroatoms. The summed E-state index contributed by atoms with van der Waals surface area (Å²) in [7, 11) is 0. The van der Waals surface area contributed by atoms with E-state index in [1.165, 1.54) is 0 Å². The van der Waals surface area contributed by atoms with Crippen molar-refractivity contribution in [2.24, 2.45) is 5.73 Å². The molecule has 1 rings (SSSR count). The minimum absolute atomic E-state index is 0.367. The second-order valence-corrected chi connectivity index (χ2v) is 4.06. The van der Waals surface area contributed by atoms with Crippen molar-refractivity contribution in [3.05, 3.63) is 34.3 Å². The average molecular weight is 260 g/mol. The van der Waals surface area contributed by atoms with E-state index in [0.717, 1.165) is 4.47 Å². The van der Waals surface area contributed by atoms with Crippen molar-refractivity contribution in [2.75, 3.05) is 6.54 Å². The van der Waals surface area contributed by atoms with Gasteiger partial charge in [-0.25, -0.2) is 0 Å². The van der Waals surface area contributed by atoms with Crippen LogP contribution in [-0.2, 0) is 0 Å². The zero-order valence-electron chi connectivity index (χ0n) is 7.73. The van der Waals surface area contributed by atoms with Crippen molar-refractivity contribution in [2.45, 2.75) is 18.6 Å². The van der Waals surface area contributed by atoms with Crippen LogP contribution in [0.3, 0.4) is 0 Å². The van der Waals surface area contributed by atoms with Crippen LogP contribution in [0.4, 0.5) is 0 Å². The maximum atomic E-state index is 9.72. The summed E-state index contributed by atoms with van der Waals surface area (Å²) in [4.78, 5) is 0. The Labute approximate surface area is 91.7 Å². The molecular weight excluding hydrogens is 246 g/mol. The average Bonchev–Trinajstić information content (AvgIpc) is 2.17. The number of rotatable bonds is 4. The molecule has 0 aliphatic rings. The van der Waals surface area contributed by atoms with Gasteiger partial charge < -0.3 is 15.9 Å². The van der Waals surface area contributed by atoms with Gasteiger partial charge >= 0.3 is 0 Å². The minimum Gasteiger partial charge on any atom is -0.390 e. The predicted octanol–water partition coefficient (Wildman–Crippen LogP) is 1.19. The largest absolute Gasteiger partial charge is 0.390 e. The third-order valence-electron chi connectivity index (χ3n) is 2.02. The van der Waals surface area contributed by atoms with E-state index in [0.29, 0.717) is 18.5 Å². The predicted molar refractivity (Wildman–Crippen MR) is 58.8 cm³/mol. The quantitative estimate of drug-likeness (QED) is 0.761. The molecule has 0 aliphatic carbocycles. The maximum Gasteiger partial charge on any atom is 0.105 e. The molecule has 0 fully saturated rings. The van der Waals surface area contributed by atoms with Crippen LogP contribution in [-0.4, -0.2) is 22.9 Å². The van der Waals surface area contributed by atoms with Crippen LogP contribution in [0.5, 0.6) is 0 Å². The fourth-order valence-electron chi connectivity index (χ4n) is 1.24. The Hall–Kier alpha value is -0.420. The molecule has 78 valence electrons. The molecule has 0 saturated heterocycles. The van der Waals surface area contributed by atoms with Gasteiger partial charge in [0.15, 0.2) is 0 Å². The van der Waals surface area contributed by atoms with Crippen LogP contribution < -0.4 is 5.73 Å². The number of nitrogens with two attached hydrogens (primary N) is 1. The molecule has 1 aromatic carbocycles. The lowest BCUT2D eigenvalue weighted by Crippen LogP contribution is -2.21. The van der Waals surface area contributed by atoms with Gasteiger partial charge in [0.2, 0.25) is 0 Å². The molecule has 0 amide bonds. The third kappa shape index (κ3) is 3.06. The smallest absolute Gasteiger partial charge is 0.105 e. The monoisotopic (exact) mass is 259 g/mol. The lowest BCUT2D eigenvalue weighted by molar-refractivity contribution is 0.0150. The number of aliphatic hydroxyl groups is 2. The summed E-state index contributed by atoms with van der Waals surface area (Å²) < 4.78 is 0.883. The van der Waals surface area contributed by atoms with Crippen molar-refractivity contribution in [1.29, 1.82) is 0 Å². The highest BCUT2D eigenvalue weighted by Crippen LogP contribution is 2.21. The highest BCUT2D eigenvalue weighted by atomic mass is 79.9. The van der Waals surface area contributed by atoms with Crippen LogP contribution in [0.15, 0.2) is 28.7 Å². The van der Waals surface area contributed by atoms with Gasteiger partial charge in [-0.2, -0.15) is 0 Å². The Morgan fingerprint density at radius 3 is 2.64 bits per heavy atom. The summed E-state index contributed by atoms with van der Waals surface area (Å²) in [6.45, 7) is 0.367. The maximum absolute atomic E-state index is 9.72. The highest BCUT2D eigenvalue weighted by molar-refractivity contribution is 9.10. The Morgan fingerprint density at radius 1 is 1.36 bits per heavy atom. The number of halogens is 1. The number of benzene rings is 1. The fourth-order valence-corrected chi connectivity index (χ4v) is 1.66. The summed E-state index contributed by atoms with van der Waals surface area (Å²) >= 11 is 3.30. The van der Waals surface area contributed by atoms with E-state index < -0.39 is 12.2 Å². The zero-order valence-corrected chi connectivity index (χ0v) is 9.31. The summed E-state index contributed by atoms with van der Waals surface area (Å²) in [5.74, 6) is 0. The lowest BCUT2D eigenvalue weighted by atomic mass is 10.0. The molecule has 0 bridgehead atoms.